The molecule has 0 nitrogen and oxygen atoms in total. The van der Waals surface area contributed by atoms with E-state index in [4.69, 9.17) is 0 Å². The predicted molar refractivity (Wildman–Crippen MR) is 151 cm³/mol. The van der Waals surface area contributed by atoms with Crippen LogP contribution < -0.4 is 0 Å². The Bertz CT molecular complexity index is 2180. The highest BCUT2D eigenvalue weighted by molar-refractivity contribution is 6.44. The van der Waals surface area contributed by atoms with Crippen LogP contribution in [0.3, 0.4) is 0 Å². The van der Waals surface area contributed by atoms with Crippen molar-refractivity contribution in [1.82, 2.24) is 0 Å². The Morgan fingerprint density at radius 1 is 0.371 bits per heavy atom. The van der Waals surface area contributed by atoms with E-state index in [1.807, 2.05) is 0 Å². The average molecular weight is 441 g/mol. The van der Waals surface area contributed by atoms with Crippen molar-refractivity contribution in [2.45, 2.75) is 6.42 Å². The number of hydrogen-bond donors (Lipinski definition) is 0. The molecule has 9 rings (SSSR count). The molecular weight excluding hydrogens is 420 g/mol. The standard InChI is InChI=1S/C35H20/c1-3-11-24-20(9-1)17-22-19-23-18-21-10-2-4-12-25(21)33-27-14-6-8-16-29(27)34-28-15-7-5-13-26(28)32(24)30(22)35(34)31(23)33/h1-17,19H,18H2. The third-order valence-corrected chi connectivity index (χ3v) is 8.33. The highest BCUT2D eigenvalue weighted by atomic mass is 14.3. The maximum absolute atomic E-state index is 2.49. The summed E-state index contributed by atoms with van der Waals surface area (Å²) in [6, 6.07) is 40.9. The molecule has 0 aromatic heterocycles. The van der Waals surface area contributed by atoms with Crippen molar-refractivity contribution in [3.63, 3.8) is 0 Å². The molecule has 0 saturated heterocycles. The fraction of sp³-hybridized carbons (Fsp3) is 0.0286. The van der Waals surface area contributed by atoms with Gasteiger partial charge >= 0.3 is 0 Å². The van der Waals surface area contributed by atoms with E-state index in [0.29, 0.717) is 0 Å². The summed E-state index contributed by atoms with van der Waals surface area (Å²) in [4.78, 5) is 0. The lowest BCUT2D eigenvalue weighted by molar-refractivity contribution is 1.21. The number of rotatable bonds is 0. The molecule has 1 aliphatic carbocycles. The molecule has 0 spiro atoms. The summed E-state index contributed by atoms with van der Waals surface area (Å²) in [5, 5.41) is 16.6. The Labute approximate surface area is 202 Å². The van der Waals surface area contributed by atoms with E-state index < -0.39 is 0 Å². The van der Waals surface area contributed by atoms with Crippen molar-refractivity contribution in [3.8, 4) is 11.1 Å². The molecule has 0 heterocycles. The van der Waals surface area contributed by atoms with Crippen LogP contribution in [-0.2, 0) is 6.42 Å². The monoisotopic (exact) mass is 440 g/mol. The van der Waals surface area contributed by atoms with Gasteiger partial charge in [-0.15, -0.1) is 0 Å². The summed E-state index contributed by atoms with van der Waals surface area (Å²) in [5.74, 6) is 0. The van der Waals surface area contributed by atoms with Gasteiger partial charge in [-0.1, -0.05) is 103 Å². The van der Waals surface area contributed by atoms with Gasteiger partial charge in [0.15, 0.2) is 0 Å². The molecule has 0 N–H and O–H groups in total. The first-order chi connectivity index (χ1) is 17.4. The van der Waals surface area contributed by atoms with Gasteiger partial charge in [0, 0.05) is 0 Å². The van der Waals surface area contributed by atoms with Gasteiger partial charge in [-0.2, -0.15) is 0 Å². The summed E-state index contributed by atoms with van der Waals surface area (Å²) in [5.41, 5.74) is 5.69. The quantitative estimate of drug-likeness (QED) is 0.163. The van der Waals surface area contributed by atoms with E-state index in [-0.39, 0.29) is 0 Å². The first-order valence-corrected chi connectivity index (χ1v) is 12.4. The zero-order chi connectivity index (χ0) is 22.7. The Hall–Kier alpha value is -4.42. The van der Waals surface area contributed by atoms with E-state index in [0.717, 1.165) is 6.42 Å². The van der Waals surface area contributed by atoms with Crippen molar-refractivity contribution in [3.05, 3.63) is 120 Å². The summed E-state index contributed by atoms with van der Waals surface area (Å²) in [7, 11) is 0. The van der Waals surface area contributed by atoms with Crippen LogP contribution in [0.2, 0.25) is 0 Å². The molecule has 0 heteroatoms. The van der Waals surface area contributed by atoms with Gasteiger partial charge in [0.05, 0.1) is 0 Å². The smallest absolute Gasteiger partial charge is 0.000451 e. The minimum atomic E-state index is 0.983. The Morgan fingerprint density at radius 2 is 0.971 bits per heavy atom. The third-order valence-electron chi connectivity index (χ3n) is 8.33. The third kappa shape index (κ3) is 2.10. The topological polar surface area (TPSA) is 0 Å². The molecule has 0 radical (unpaired) electrons. The second-order valence-corrected chi connectivity index (χ2v) is 10.0. The Morgan fingerprint density at radius 3 is 1.77 bits per heavy atom. The zero-order valence-corrected chi connectivity index (χ0v) is 19.1. The molecule has 0 unspecified atom stereocenters. The van der Waals surface area contributed by atoms with Crippen molar-refractivity contribution < 1.29 is 0 Å². The maximum atomic E-state index is 2.49. The van der Waals surface area contributed by atoms with E-state index >= 15 is 0 Å². The molecule has 0 atom stereocenters. The van der Waals surface area contributed by atoms with Crippen LogP contribution in [0.25, 0.3) is 75.8 Å². The second-order valence-electron chi connectivity index (χ2n) is 10.0. The minimum absolute atomic E-state index is 0.983. The van der Waals surface area contributed by atoms with Crippen molar-refractivity contribution in [1.29, 1.82) is 0 Å². The van der Waals surface area contributed by atoms with Crippen molar-refractivity contribution in [2.24, 2.45) is 0 Å². The summed E-state index contributed by atoms with van der Waals surface area (Å²) in [6.07, 6.45) is 0.983. The lowest BCUT2D eigenvalue weighted by Gasteiger charge is -2.27. The molecule has 35 heavy (non-hydrogen) atoms. The highest BCUT2D eigenvalue weighted by Gasteiger charge is 2.26. The van der Waals surface area contributed by atoms with Crippen LogP contribution in [0.15, 0.2) is 109 Å². The van der Waals surface area contributed by atoms with E-state index in [1.54, 1.807) is 0 Å². The Kier molecular flexibility index (Phi) is 3.17. The first-order valence-electron chi connectivity index (χ1n) is 12.4. The molecule has 8 aromatic rings. The zero-order valence-electron chi connectivity index (χ0n) is 19.1. The molecule has 1 aliphatic rings. The fourth-order valence-corrected chi connectivity index (χ4v) is 7.04. The lowest BCUT2D eigenvalue weighted by atomic mass is 9.76. The highest BCUT2D eigenvalue weighted by Crippen LogP contribution is 2.53. The maximum Gasteiger partial charge on any atom is -0.000451 e. The molecule has 0 aliphatic heterocycles. The number of hydrogen-bond acceptors (Lipinski definition) is 0. The van der Waals surface area contributed by atoms with Crippen molar-refractivity contribution in [2.75, 3.05) is 0 Å². The fourth-order valence-electron chi connectivity index (χ4n) is 7.04. The Balaban J connectivity index is 1.74. The van der Waals surface area contributed by atoms with E-state index in [1.165, 1.54) is 86.9 Å². The van der Waals surface area contributed by atoms with E-state index in [2.05, 4.69) is 109 Å². The van der Waals surface area contributed by atoms with Gasteiger partial charge in [0.1, 0.15) is 0 Å². The molecule has 0 fully saturated rings. The summed E-state index contributed by atoms with van der Waals surface area (Å²) in [6.45, 7) is 0. The van der Waals surface area contributed by atoms with Crippen LogP contribution in [-0.4, -0.2) is 0 Å². The van der Waals surface area contributed by atoms with Gasteiger partial charge in [0.2, 0.25) is 0 Å². The lowest BCUT2D eigenvalue weighted by Crippen LogP contribution is -2.04. The molecule has 0 bridgehead atoms. The predicted octanol–water partition coefficient (Wildman–Crippen LogP) is 9.61. The molecule has 8 aromatic carbocycles. The number of benzene rings is 8. The van der Waals surface area contributed by atoms with Crippen LogP contribution in [0.4, 0.5) is 0 Å². The normalized spacial score (nSPS) is 13.0. The van der Waals surface area contributed by atoms with Gasteiger partial charge in [-0.05, 0) is 99.4 Å². The largest absolute Gasteiger partial charge is 0.0619 e. The van der Waals surface area contributed by atoms with Crippen LogP contribution in [0.1, 0.15) is 11.1 Å². The van der Waals surface area contributed by atoms with Crippen LogP contribution >= 0.6 is 0 Å². The molecular formula is C35H20. The summed E-state index contributed by atoms with van der Waals surface area (Å²) < 4.78 is 0. The van der Waals surface area contributed by atoms with Gasteiger partial charge in [-0.3, -0.25) is 0 Å². The van der Waals surface area contributed by atoms with Crippen molar-refractivity contribution >= 4 is 64.6 Å². The van der Waals surface area contributed by atoms with Gasteiger partial charge in [0.25, 0.3) is 0 Å². The van der Waals surface area contributed by atoms with Crippen LogP contribution in [0.5, 0.6) is 0 Å². The SMILES string of the molecule is c1ccc2c(c1)Cc1cc3cc4ccccc4c4c5ccccc5c5c6ccccc6c-2c1c5c34. The molecule has 0 amide bonds. The molecule has 0 saturated carbocycles. The average Bonchev–Trinajstić information content (AvgIpc) is 2.92. The van der Waals surface area contributed by atoms with Crippen LogP contribution in [0, 0.1) is 0 Å². The van der Waals surface area contributed by atoms with Gasteiger partial charge < -0.3 is 0 Å². The van der Waals surface area contributed by atoms with E-state index in [9.17, 15) is 0 Å². The first kappa shape index (κ1) is 18.0. The second kappa shape index (κ2) is 6.17. The minimum Gasteiger partial charge on any atom is -0.0619 e. The molecule has 160 valence electrons. The summed E-state index contributed by atoms with van der Waals surface area (Å²) >= 11 is 0. The van der Waals surface area contributed by atoms with Gasteiger partial charge in [-0.25, -0.2) is 0 Å². The number of fused-ring (bicyclic) bond motifs is 10.